The highest BCUT2D eigenvalue weighted by Crippen LogP contribution is 2.45. The second-order valence-corrected chi connectivity index (χ2v) is 43.7. The van der Waals surface area contributed by atoms with Gasteiger partial charge in [-0.15, -0.1) is 0 Å². The van der Waals surface area contributed by atoms with Crippen LogP contribution in [0.15, 0.2) is 337 Å². The minimum Gasteiger partial charge on any atom is -0.497 e. The van der Waals surface area contributed by atoms with Crippen molar-refractivity contribution in [1.29, 1.82) is 0 Å². The lowest BCUT2D eigenvalue weighted by atomic mass is 9.94. The van der Waals surface area contributed by atoms with E-state index in [1.807, 2.05) is 287 Å². The van der Waals surface area contributed by atoms with Crippen LogP contribution in [0, 0.1) is 0 Å². The Kier molecular flexibility index (Phi) is 33.9. The van der Waals surface area contributed by atoms with Crippen molar-refractivity contribution in [2.75, 3.05) is 26.9 Å². The van der Waals surface area contributed by atoms with Crippen LogP contribution in [0.2, 0.25) is 18.1 Å². The van der Waals surface area contributed by atoms with Crippen molar-refractivity contribution in [3.05, 3.63) is 378 Å². The van der Waals surface area contributed by atoms with Crippen molar-refractivity contribution in [2.24, 2.45) is 0 Å². The fourth-order valence-corrected chi connectivity index (χ4v) is 20.5. The van der Waals surface area contributed by atoms with Crippen molar-refractivity contribution in [3.63, 3.8) is 0 Å². The summed E-state index contributed by atoms with van der Waals surface area (Å²) in [4.78, 5) is -0.211. The van der Waals surface area contributed by atoms with Crippen molar-refractivity contribution < 1.29 is 107 Å². The SMILES string of the molecule is COc1ccc(CO[C@@H]2[C@H](OCc3ccccc3)[C@H](O[C@H]3[C@H](OCc4ccccc4)[C@@H](NS(=O)(=O)c4ccccc4)[C@H](O[C@H]4[C@H](OCc5ccccc5)[C@@H](NS(=O)(=O)c5ccccc5)[C@@H](O[Si](C)(C)C(C)(C)C)O[C@@H]4CO[C@@H]4O[C@@H](C)[C@@H](OCc5ccccc5)[C@@H](OCc5ccccc5)[C@@H]4OCc4ccccc4)O[C@@H]3COCc3ccccc3)O[C@@H]3COC(c4ccccc4)O[C@@H]23)cc1. The molecule has 5 saturated heterocycles. The molecule has 1 unspecified atom stereocenters. The number of fused-ring (bicyclic) bond motifs is 1. The first-order valence-corrected chi connectivity index (χ1v) is 51.5. The Bertz CT molecular complexity index is 5580. The molecule has 21 atom stereocenters. The third-order valence-corrected chi connectivity index (χ3v) is 32.4. The smallest absolute Gasteiger partial charge is 0.241 e. The van der Waals surface area contributed by atoms with E-state index in [0.29, 0.717) is 16.9 Å². The van der Waals surface area contributed by atoms with Crippen LogP contribution in [0.1, 0.15) is 84.1 Å². The lowest BCUT2D eigenvalue weighted by Gasteiger charge is -2.53. The first-order valence-electron chi connectivity index (χ1n) is 45.6. The molecule has 2 N–H and O–H groups in total. The Morgan fingerprint density at radius 3 is 1.13 bits per heavy atom. The molecule has 25 nitrogen and oxygen atoms in total. The summed E-state index contributed by atoms with van der Waals surface area (Å²) >= 11 is 0. The molecule has 28 heteroatoms. The summed E-state index contributed by atoms with van der Waals surface area (Å²) in [5.74, 6) is 0.652. The van der Waals surface area contributed by atoms with E-state index in [4.69, 9.17) is 89.7 Å². The average Bonchev–Trinajstić information content (AvgIpc) is 0.750. The topological polar surface area (TPSA) is 268 Å². The molecular weight excluding hydrogens is 1760 g/mol. The number of nitrogens with one attached hydrogen (secondary N) is 2. The van der Waals surface area contributed by atoms with Gasteiger partial charge in [0.2, 0.25) is 20.0 Å². The number of benzene rings is 11. The molecule has 134 heavy (non-hydrogen) atoms. The lowest BCUT2D eigenvalue weighted by Crippen LogP contribution is -2.71. The third kappa shape index (κ3) is 25.7. The molecule has 0 saturated carbocycles. The molecule has 11 aromatic rings. The highest BCUT2D eigenvalue weighted by Gasteiger charge is 2.60. The summed E-state index contributed by atoms with van der Waals surface area (Å²) in [7, 11) is -10.9. The average molecular weight is 1880 g/mol. The van der Waals surface area contributed by atoms with E-state index in [1.165, 1.54) is 24.3 Å². The number of rotatable bonds is 42. The van der Waals surface area contributed by atoms with Crippen molar-refractivity contribution in [2.45, 2.75) is 237 Å². The van der Waals surface area contributed by atoms with Crippen LogP contribution in [-0.4, -0.2) is 175 Å². The summed E-state index contributed by atoms with van der Waals surface area (Å²) in [6, 6.07) is 97.3. The molecule has 5 aliphatic heterocycles. The van der Waals surface area contributed by atoms with Crippen LogP contribution >= 0.6 is 0 Å². The Hall–Kier alpha value is -9.46. The minimum absolute atomic E-state index is 0.0161. The van der Waals surface area contributed by atoms with Crippen LogP contribution in [0.25, 0.3) is 0 Å². The molecule has 0 bridgehead atoms. The van der Waals surface area contributed by atoms with Gasteiger partial charge in [0.15, 0.2) is 39.8 Å². The Morgan fingerprint density at radius 1 is 0.343 bits per heavy atom. The van der Waals surface area contributed by atoms with Gasteiger partial charge in [-0.3, -0.25) is 0 Å². The third-order valence-electron chi connectivity index (χ3n) is 25.0. The maximum atomic E-state index is 16.2. The molecule has 11 aromatic carbocycles. The molecule has 0 radical (unpaired) electrons. The zero-order chi connectivity index (χ0) is 92.9. The van der Waals surface area contributed by atoms with Crippen molar-refractivity contribution in [1.82, 2.24) is 9.44 Å². The van der Waals surface area contributed by atoms with Gasteiger partial charge < -0.3 is 89.7 Å². The van der Waals surface area contributed by atoms with E-state index < -0.39 is 169 Å². The number of hydrogen-bond donors (Lipinski definition) is 2. The largest absolute Gasteiger partial charge is 0.497 e. The summed E-state index contributed by atoms with van der Waals surface area (Å²) in [6.45, 7) is 11.6. The number of ether oxygens (including phenoxy) is 18. The molecule has 0 amide bonds. The number of hydrogen-bond acceptors (Lipinski definition) is 23. The first-order chi connectivity index (χ1) is 65.2. The number of sulfonamides is 2. The first kappa shape index (κ1) is 97.6. The summed E-state index contributed by atoms with van der Waals surface area (Å²) in [5.41, 5.74) is 7.22. The second kappa shape index (κ2) is 46.6. The predicted molar refractivity (Wildman–Crippen MR) is 503 cm³/mol. The van der Waals surface area contributed by atoms with Gasteiger partial charge in [0.05, 0.1) is 95.7 Å². The Labute approximate surface area is 787 Å². The van der Waals surface area contributed by atoms with E-state index in [1.54, 1.807) is 43.5 Å². The van der Waals surface area contributed by atoms with Gasteiger partial charge in [-0.2, -0.15) is 0 Å². The van der Waals surface area contributed by atoms with Gasteiger partial charge in [0.25, 0.3) is 0 Å². The van der Waals surface area contributed by atoms with Crippen molar-refractivity contribution in [3.8, 4) is 5.75 Å². The zero-order valence-electron chi connectivity index (χ0n) is 76.3. The van der Waals surface area contributed by atoms with Crippen LogP contribution in [0.5, 0.6) is 5.75 Å². The van der Waals surface area contributed by atoms with Crippen LogP contribution in [-0.2, 0) is 158 Å². The second-order valence-electron chi connectivity index (χ2n) is 35.5. The summed E-state index contributed by atoms with van der Waals surface area (Å²) in [6.07, 6.45) is -23.3. The fourth-order valence-electron chi connectivity index (χ4n) is 16.8. The van der Waals surface area contributed by atoms with Gasteiger partial charge in [-0.25, -0.2) is 26.3 Å². The van der Waals surface area contributed by atoms with Gasteiger partial charge in [-0.05, 0) is 106 Å². The predicted octanol–water partition coefficient (Wildman–Crippen LogP) is 16.8. The van der Waals surface area contributed by atoms with Gasteiger partial charge in [0.1, 0.15) is 97.2 Å². The monoisotopic (exact) mass is 1880 g/mol. The highest BCUT2D eigenvalue weighted by molar-refractivity contribution is 7.89. The van der Waals surface area contributed by atoms with Crippen LogP contribution in [0.4, 0.5) is 0 Å². The van der Waals surface area contributed by atoms with E-state index in [-0.39, 0.29) is 75.9 Å². The maximum Gasteiger partial charge on any atom is 0.241 e. The van der Waals surface area contributed by atoms with Gasteiger partial charge >= 0.3 is 0 Å². The standard InChI is InChI=1S/C106H120N2O23S2Si/c1-73-91(115-63-75-40-20-9-21-41-75)97(118-66-78-46-26-12-27-47-78)99(120-67-79-48-28-13-29-49-79)104(124-73)123-72-87-93(96(117-65-77-44-24-11-25-45-77)90(103(126-87)131-134(6,7)106(2,3)4)108-133(111,112)85-56-36-17-37-57-85)129-102-89(107-132(109,110)84-54-34-16-35-55-84)95(116-64-76-42-22-10-23-43-76)92(86(125-102)70-114-62-74-38-18-8-19-39-74)130-105-100(121-68-80-50-30-14-31-51-80)98(119-69-81-58-60-83(113-5)61-59-81)94-88(127-105)71-122-101(128-94)82-52-32-15-33-53-82/h8-61,73,86-105,107-108H,62-72H2,1-7H3/t73-,86+,87+,88+,89+,90+,91+,92+,93+,94+,95+,96+,97+,98-,99-,100-,101?,102-,103+,104+,105-/m0/s1. The highest BCUT2D eigenvalue weighted by atomic mass is 32.2. The molecule has 5 aliphatic rings. The molecule has 0 aromatic heterocycles. The van der Waals surface area contributed by atoms with E-state index >= 15 is 16.8 Å². The number of methoxy groups -OCH3 is 1. The van der Waals surface area contributed by atoms with Gasteiger partial charge in [0, 0.05) is 5.56 Å². The molecule has 708 valence electrons. The quantitative estimate of drug-likeness (QED) is 0.0337. The fraction of sp³-hybridized carbons (Fsp3) is 0.377. The van der Waals surface area contributed by atoms with Gasteiger partial charge in [-0.1, -0.05) is 312 Å². The normalized spacial score (nSPS) is 26.9. The maximum absolute atomic E-state index is 16.2. The zero-order valence-corrected chi connectivity index (χ0v) is 78.9. The molecule has 5 fully saturated rings. The summed E-state index contributed by atoms with van der Waals surface area (Å²) < 4.78 is 208. The van der Waals surface area contributed by atoms with E-state index in [0.717, 1.165) is 38.9 Å². The minimum atomic E-state index is -4.75. The summed E-state index contributed by atoms with van der Waals surface area (Å²) in [5, 5.41) is -0.529. The Balaban J connectivity index is 0.861. The molecule has 16 rings (SSSR count). The molecule has 0 spiro atoms. The van der Waals surface area contributed by atoms with Crippen LogP contribution in [0.3, 0.4) is 0 Å². The van der Waals surface area contributed by atoms with Crippen molar-refractivity contribution >= 4 is 28.4 Å². The molecule has 5 heterocycles. The van der Waals surface area contributed by atoms with Crippen LogP contribution < -0.4 is 14.2 Å². The Morgan fingerprint density at radius 2 is 0.694 bits per heavy atom. The molecule has 0 aliphatic carbocycles. The van der Waals surface area contributed by atoms with E-state index in [2.05, 4.69) is 30.2 Å². The van der Waals surface area contributed by atoms with E-state index in [9.17, 15) is 0 Å². The molecular formula is C106H120N2O23S2Si. The lowest BCUT2D eigenvalue weighted by molar-refractivity contribution is -0.395.